The van der Waals surface area contributed by atoms with Crippen molar-refractivity contribution in [3.05, 3.63) is 21.6 Å². The lowest BCUT2D eigenvalue weighted by Gasteiger charge is -2.22. The molecule has 0 aromatic carbocycles. The van der Waals surface area contributed by atoms with Gasteiger partial charge < -0.3 is 0 Å². The van der Waals surface area contributed by atoms with Crippen LogP contribution in [0.3, 0.4) is 0 Å². The van der Waals surface area contributed by atoms with Gasteiger partial charge in [0.05, 0.1) is 17.0 Å². The minimum Gasteiger partial charge on any atom is -0.299 e. The van der Waals surface area contributed by atoms with Gasteiger partial charge in [0.15, 0.2) is 9.84 Å². The summed E-state index contributed by atoms with van der Waals surface area (Å²) >= 11 is 0. The summed E-state index contributed by atoms with van der Waals surface area (Å²) in [5.41, 5.74) is 0.729. The summed E-state index contributed by atoms with van der Waals surface area (Å²) in [6.07, 6.45) is 0.495. The molecule has 90 valence electrons. The first-order valence-corrected chi connectivity index (χ1v) is 7.06. The van der Waals surface area contributed by atoms with Gasteiger partial charge in [0, 0.05) is 11.3 Å². The summed E-state index contributed by atoms with van der Waals surface area (Å²) in [7, 11) is -3.00. The highest BCUT2D eigenvalue weighted by molar-refractivity contribution is 7.91. The molecule has 1 aliphatic heterocycles. The number of nitrogens with one attached hydrogen (secondary N) is 1. The molecule has 1 aliphatic rings. The molecule has 1 saturated heterocycles. The third kappa shape index (κ3) is 1.61. The smallest absolute Gasteiger partial charge is 0.270 e. The van der Waals surface area contributed by atoms with Gasteiger partial charge in [0.25, 0.3) is 5.56 Å². The second-order valence-corrected chi connectivity index (χ2v) is 7.03. The molecule has 0 saturated carbocycles. The van der Waals surface area contributed by atoms with Crippen molar-refractivity contribution >= 4 is 9.84 Å². The Kier molecular flexibility index (Phi) is 2.31. The van der Waals surface area contributed by atoms with E-state index in [4.69, 9.17) is 0 Å². The van der Waals surface area contributed by atoms with Gasteiger partial charge in [-0.2, -0.15) is 0 Å². The van der Waals surface area contributed by atoms with E-state index in [1.165, 1.54) is 4.68 Å². The second-order valence-electron chi connectivity index (χ2n) is 4.84. The maximum atomic E-state index is 11.9. The van der Waals surface area contributed by atoms with Gasteiger partial charge in [-0.1, -0.05) is 0 Å². The first kappa shape index (κ1) is 11.4. The van der Waals surface area contributed by atoms with Crippen LogP contribution in [0, 0.1) is 13.8 Å². The minimum atomic E-state index is -3.00. The van der Waals surface area contributed by atoms with Gasteiger partial charge in [0.2, 0.25) is 0 Å². The number of aryl methyl sites for hydroxylation is 1. The maximum absolute atomic E-state index is 11.9. The molecule has 6 heteroatoms. The maximum Gasteiger partial charge on any atom is 0.270 e. The lowest BCUT2D eigenvalue weighted by molar-refractivity contribution is 0.318. The molecule has 1 aromatic heterocycles. The van der Waals surface area contributed by atoms with Gasteiger partial charge in [-0.05, 0) is 27.2 Å². The molecule has 1 N–H and O–H groups in total. The van der Waals surface area contributed by atoms with E-state index < -0.39 is 15.4 Å². The Hall–Kier alpha value is -1.04. The third-order valence-corrected chi connectivity index (χ3v) is 5.28. The van der Waals surface area contributed by atoms with Gasteiger partial charge in [-0.15, -0.1) is 0 Å². The largest absolute Gasteiger partial charge is 0.299 e. The van der Waals surface area contributed by atoms with Crippen LogP contribution in [0.1, 0.15) is 24.6 Å². The molecule has 2 rings (SSSR count). The van der Waals surface area contributed by atoms with Crippen molar-refractivity contribution < 1.29 is 8.42 Å². The number of aromatic nitrogens is 2. The van der Waals surface area contributed by atoms with Gasteiger partial charge in [-0.25, -0.2) is 13.1 Å². The highest BCUT2D eigenvalue weighted by Crippen LogP contribution is 2.29. The summed E-state index contributed by atoms with van der Waals surface area (Å²) in [5, 5.41) is 2.97. The van der Waals surface area contributed by atoms with Crippen LogP contribution in [0.2, 0.25) is 0 Å². The van der Waals surface area contributed by atoms with Crippen molar-refractivity contribution in [3.63, 3.8) is 0 Å². The fourth-order valence-electron chi connectivity index (χ4n) is 2.18. The first-order chi connectivity index (χ1) is 7.25. The van der Waals surface area contributed by atoms with Crippen LogP contribution < -0.4 is 5.56 Å². The number of hydrogen-bond acceptors (Lipinski definition) is 3. The number of hydrogen-bond donors (Lipinski definition) is 1. The molecule has 16 heavy (non-hydrogen) atoms. The Bertz CT molecular complexity index is 582. The van der Waals surface area contributed by atoms with E-state index in [9.17, 15) is 13.2 Å². The molecule has 0 bridgehead atoms. The SMILES string of the molecule is Cc1[nH]n(C2(C)CCS(=O)(=O)C2)c(=O)c1C. The number of rotatable bonds is 1. The Labute approximate surface area is 94.4 Å². The molecule has 1 unspecified atom stereocenters. The molecule has 1 fully saturated rings. The molecule has 1 aromatic rings. The zero-order chi connectivity index (χ0) is 12.1. The van der Waals surface area contributed by atoms with Crippen LogP contribution >= 0.6 is 0 Å². The molecular weight excluding hydrogens is 228 g/mol. The first-order valence-electron chi connectivity index (χ1n) is 5.24. The monoisotopic (exact) mass is 244 g/mol. The molecule has 1 atom stereocenters. The lowest BCUT2D eigenvalue weighted by Crippen LogP contribution is -2.39. The Balaban J connectivity index is 2.54. The molecule has 2 heterocycles. The fraction of sp³-hybridized carbons (Fsp3) is 0.700. The van der Waals surface area contributed by atoms with E-state index in [1.807, 2.05) is 13.8 Å². The highest BCUT2D eigenvalue weighted by atomic mass is 32.2. The molecule has 5 nitrogen and oxygen atoms in total. The van der Waals surface area contributed by atoms with Crippen molar-refractivity contribution in [1.82, 2.24) is 9.78 Å². The molecule has 0 aliphatic carbocycles. The van der Waals surface area contributed by atoms with Crippen molar-refractivity contribution in [1.29, 1.82) is 0 Å². The third-order valence-electron chi connectivity index (χ3n) is 3.39. The summed E-state index contributed by atoms with van der Waals surface area (Å²) < 4.78 is 24.5. The van der Waals surface area contributed by atoms with Gasteiger partial charge >= 0.3 is 0 Å². The summed E-state index contributed by atoms with van der Waals surface area (Å²) in [6, 6.07) is 0. The summed E-state index contributed by atoms with van der Waals surface area (Å²) in [4.78, 5) is 11.9. The number of nitrogens with zero attached hydrogens (tertiary/aromatic N) is 1. The van der Waals surface area contributed by atoms with Crippen LogP contribution in [0.5, 0.6) is 0 Å². The van der Waals surface area contributed by atoms with Crippen LogP contribution in [-0.2, 0) is 15.4 Å². The number of aromatic amines is 1. The Morgan fingerprint density at radius 2 is 2.00 bits per heavy atom. The average molecular weight is 244 g/mol. The second kappa shape index (κ2) is 3.23. The van der Waals surface area contributed by atoms with Crippen LogP contribution in [-0.4, -0.2) is 29.7 Å². The van der Waals surface area contributed by atoms with E-state index in [0.717, 1.165) is 5.69 Å². The molecule has 0 radical (unpaired) electrons. The normalized spacial score (nSPS) is 28.4. The zero-order valence-corrected chi connectivity index (χ0v) is 10.5. The molecule has 0 amide bonds. The van der Waals surface area contributed by atoms with Crippen molar-refractivity contribution in [2.45, 2.75) is 32.7 Å². The highest BCUT2D eigenvalue weighted by Gasteiger charge is 2.41. The predicted molar refractivity (Wildman–Crippen MR) is 61.4 cm³/mol. The lowest BCUT2D eigenvalue weighted by atomic mass is 10.0. The standard InChI is InChI=1S/C10H16N2O3S/c1-7-8(2)11-12(9(7)13)10(3)4-5-16(14,15)6-10/h11H,4-6H2,1-3H3. The quantitative estimate of drug-likeness (QED) is 0.773. The van der Waals surface area contributed by atoms with Crippen molar-refractivity contribution in [2.24, 2.45) is 0 Å². The zero-order valence-electron chi connectivity index (χ0n) is 9.70. The topological polar surface area (TPSA) is 71.9 Å². The van der Waals surface area contributed by atoms with Crippen molar-refractivity contribution in [2.75, 3.05) is 11.5 Å². The Morgan fingerprint density at radius 3 is 2.38 bits per heavy atom. The van der Waals surface area contributed by atoms with E-state index in [2.05, 4.69) is 5.10 Å². The fourth-order valence-corrected chi connectivity index (χ4v) is 4.30. The van der Waals surface area contributed by atoms with E-state index in [0.29, 0.717) is 12.0 Å². The van der Waals surface area contributed by atoms with E-state index in [1.54, 1.807) is 6.92 Å². The van der Waals surface area contributed by atoms with Crippen molar-refractivity contribution in [3.8, 4) is 0 Å². The van der Waals surface area contributed by atoms with Gasteiger partial charge in [0.1, 0.15) is 0 Å². The number of H-pyrrole nitrogens is 1. The van der Waals surface area contributed by atoms with Crippen LogP contribution in [0.15, 0.2) is 4.79 Å². The predicted octanol–water partition coefficient (Wildman–Crippen LogP) is 0.327. The van der Waals surface area contributed by atoms with E-state index >= 15 is 0 Å². The molecular formula is C10H16N2O3S. The van der Waals surface area contributed by atoms with E-state index in [-0.39, 0.29) is 17.1 Å². The molecule has 0 spiro atoms. The number of sulfone groups is 1. The average Bonchev–Trinajstić information content (AvgIpc) is 2.59. The van der Waals surface area contributed by atoms with Crippen LogP contribution in [0.25, 0.3) is 0 Å². The van der Waals surface area contributed by atoms with Gasteiger partial charge in [-0.3, -0.25) is 9.89 Å². The van der Waals surface area contributed by atoms with Crippen LogP contribution in [0.4, 0.5) is 0 Å². The minimum absolute atomic E-state index is 0.0410. The summed E-state index contributed by atoms with van der Waals surface area (Å²) in [6.45, 7) is 5.38. The Morgan fingerprint density at radius 1 is 1.38 bits per heavy atom. The summed E-state index contributed by atoms with van der Waals surface area (Å²) in [5.74, 6) is 0.201.